The average molecular weight is 383 g/mol. The minimum atomic E-state index is -0.302. The Morgan fingerprint density at radius 1 is 0.917 bits per heavy atom. The quantitative estimate of drug-likeness (QED) is 0.696. The Morgan fingerprint density at radius 3 is 2.38 bits per heavy atom. The Kier molecular flexibility index (Phi) is 5.18. The Bertz CT molecular complexity index is 822. The Balaban J connectivity index is 1.61. The van der Waals surface area contributed by atoms with Crippen LogP contribution in [0, 0.1) is 0 Å². The summed E-state index contributed by atoms with van der Waals surface area (Å²) in [5, 5.41) is 14.0. The molecule has 3 aromatic rings. The van der Waals surface area contributed by atoms with Crippen LogP contribution in [0.5, 0.6) is 0 Å². The topological polar surface area (TPSA) is 66.9 Å². The van der Waals surface area contributed by atoms with Crippen molar-refractivity contribution < 1.29 is 4.79 Å². The predicted molar refractivity (Wildman–Crippen MR) is 97.9 cm³/mol. The number of anilines is 2. The van der Waals surface area contributed by atoms with Gasteiger partial charge in [0, 0.05) is 11.0 Å². The number of carbonyl (C=O) groups is 1. The van der Waals surface area contributed by atoms with E-state index >= 15 is 0 Å². The number of rotatable bonds is 5. The maximum Gasteiger partial charge on any atom is 0.276 e. The van der Waals surface area contributed by atoms with Gasteiger partial charge in [-0.05, 0) is 45.8 Å². The zero-order chi connectivity index (χ0) is 16.8. The molecule has 5 nitrogen and oxygen atoms in total. The van der Waals surface area contributed by atoms with Gasteiger partial charge < -0.3 is 10.6 Å². The molecule has 0 aliphatic rings. The Morgan fingerprint density at radius 2 is 1.67 bits per heavy atom. The normalized spacial score (nSPS) is 10.2. The number of carbonyl (C=O) groups excluding carboxylic acids is 1. The van der Waals surface area contributed by atoms with Crippen LogP contribution in [-0.2, 0) is 6.54 Å². The SMILES string of the molecule is O=C(Nc1ccccc1Br)c1ccc(NCc2ccccc2)nn1. The molecule has 1 aromatic heterocycles. The molecule has 0 spiro atoms. The van der Waals surface area contributed by atoms with Gasteiger partial charge >= 0.3 is 0 Å². The van der Waals surface area contributed by atoms with E-state index in [1.807, 2.05) is 54.6 Å². The molecule has 0 aliphatic carbocycles. The minimum absolute atomic E-state index is 0.260. The highest BCUT2D eigenvalue weighted by Gasteiger charge is 2.10. The lowest BCUT2D eigenvalue weighted by atomic mass is 10.2. The molecular formula is C18H15BrN4O. The fourth-order valence-corrected chi connectivity index (χ4v) is 2.47. The molecule has 2 N–H and O–H groups in total. The zero-order valence-corrected chi connectivity index (χ0v) is 14.3. The van der Waals surface area contributed by atoms with E-state index in [0.29, 0.717) is 18.1 Å². The van der Waals surface area contributed by atoms with Crippen LogP contribution in [0.15, 0.2) is 71.2 Å². The second-order valence-corrected chi connectivity index (χ2v) is 5.93. The third-order valence-electron chi connectivity index (χ3n) is 3.34. The van der Waals surface area contributed by atoms with Crippen LogP contribution in [0.1, 0.15) is 16.1 Å². The number of hydrogen-bond acceptors (Lipinski definition) is 4. The first kappa shape index (κ1) is 16.1. The maximum atomic E-state index is 12.2. The van der Waals surface area contributed by atoms with Crippen LogP contribution in [0.3, 0.4) is 0 Å². The van der Waals surface area contributed by atoms with Crippen LogP contribution >= 0.6 is 15.9 Å². The Hall–Kier alpha value is -2.73. The largest absolute Gasteiger partial charge is 0.365 e. The van der Waals surface area contributed by atoms with E-state index in [9.17, 15) is 4.79 Å². The highest BCUT2D eigenvalue weighted by Crippen LogP contribution is 2.21. The van der Waals surface area contributed by atoms with Crippen molar-refractivity contribution in [1.82, 2.24) is 10.2 Å². The van der Waals surface area contributed by atoms with Gasteiger partial charge in [0.2, 0.25) is 0 Å². The second kappa shape index (κ2) is 7.70. The second-order valence-electron chi connectivity index (χ2n) is 5.08. The lowest BCUT2D eigenvalue weighted by Gasteiger charge is -2.07. The number of benzene rings is 2. The maximum absolute atomic E-state index is 12.2. The third-order valence-corrected chi connectivity index (χ3v) is 4.03. The summed E-state index contributed by atoms with van der Waals surface area (Å²) in [4.78, 5) is 12.2. The fourth-order valence-electron chi connectivity index (χ4n) is 2.09. The molecule has 24 heavy (non-hydrogen) atoms. The van der Waals surface area contributed by atoms with Crippen molar-refractivity contribution in [2.24, 2.45) is 0 Å². The van der Waals surface area contributed by atoms with Gasteiger partial charge in [0.15, 0.2) is 5.69 Å². The van der Waals surface area contributed by atoms with E-state index in [2.05, 4.69) is 36.8 Å². The summed E-state index contributed by atoms with van der Waals surface area (Å²) in [6.45, 7) is 0.651. The van der Waals surface area contributed by atoms with Crippen molar-refractivity contribution >= 4 is 33.3 Å². The van der Waals surface area contributed by atoms with Crippen LogP contribution in [0.25, 0.3) is 0 Å². The first-order chi connectivity index (χ1) is 11.7. The summed E-state index contributed by atoms with van der Waals surface area (Å²) < 4.78 is 0.812. The summed E-state index contributed by atoms with van der Waals surface area (Å²) in [5.41, 5.74) is 2.10. The number of hydrogen-bond donors (Lipinski definition) is 2. The van der Waals surface area contributed by atoms with Crippen molar-refractivity contribution in [2.75, 3.05) is 10.6 Å². The molecule has 0 aliphatic heterocycles. The molecule has 0 saturated carbocycles. The van der Waals surface area contributed by atoms with Crippen LogP contribution < -0.4 is 10.6 Å². The van der Waals surface area contributed by atoms with E-state index < -0.39 is 0 Å². The number of nitrogens with zero attached hydrogens (tertiary/aromatic N) is 2. The summed E-state index contributed by atoms with van der Waals surface area (Å²) in [5.74, 6) is 0.320. The van der Waals surface area contributed by atoms with Crippen LogP contribution in [-0.4, -0.2) is 16.1 Å². The van der Waals surface area contributed by atoms with Gasteiger partial charge in [-0.1, -0.05) is 42.5 Å². The number of nitrogens with one attached hydrogen (secondary N) is 2. The molecule has 0 saturated heterocycles. The predicted octanol–water partition coefficient (Wildman–Crippen LogP) is 4.10. The van der Waals surface area contributed by atoms with Crippen molar-refractivity contribution in [1.29, 1.82) is 0 Å². The minimum Gasteiger partial charge on any atom is -0.365 e. The van der Waals surface area contributed by atoms with E-state index in [-0.39, 0.29) is 11.6 Å². The van der Waals surface area contributed by atoms with Gasteiger partial charge in [0.1, 0.15) is 5.82 Å². The Labute approximate surface area is 148 Å². The summed E-state index contributed by atoms with van der Waals surface area (Å²) in [7, 11) is 0. The van der Waals surface area contributed by atoms with Crippen molar-refractivity contribution in [3.05, 3.63) is 82.5 Å². The number of para-hydroxylation sites is 1. The first-order valence-corrected chi connectivity index (χ1v) is 8.19. The lowest BCUT2D eigenvalue weighted by Crippen LogP contribution is -2.15. The van der Waals surface area contributed by atoms with Gasteiger partial charge in [0.05, 0.1) is 5.69 Å². The molecule has 3 rings (SSSR count). The van der Waals surface area contributed by atoms with Gasteiger partial charge in [-0.2, -0.15) is 0 Å². The molecule has 120 valence electrons. The van der Waals surface area contributed by atoms with Crippen LogP contribution in [0.4, 0.5) is 11.5 Å². The van der Waals surface area contributed by atoms with E-state index in [1.54, 1.807) is 12.1 Å². The standard InChI is InChI=1S/C18H15BrN4O/c19-14-8-4-5-9-15(14)21-18(24)16-10-11-17(23-22-16)20-12-13-6-2-1-3-7-13/h1-11H,12H2,(H,20,23)(H,21,24). The van der Waals surface area contributed by atoms with Crippen molar-refractivity contribution in [3.8, 4) is 0 Å². The molecule has 6 heteroatoms. The van der Waals surface area contributed by atoms with Gasteiger partial charge in [-0.15, -0.1) is 10.2 Å². The molecule has 0 radical (unpaired) electrons. The van der Waals surface area contributed by atoms with E-state index in [4.69, 9.17) is 0 Å². The molecule has 1 heterocycles. The van der Waals surface area contributed by atoms with Gasteiger partial charge in [0.25, 0.3) is 5.91 Å². The highest BCUT2D eigenvalue weighted by molar-refractivity contribution is 9.10. The fraction of sp³-hybridized carbons (Fsp3) is 0.0556. The molecule has 2 aromatic carbocycles. The van der Waals surface area contributed by atoms with Crippen molar-refractivity contribution in [3.63, 3.8) is 0 Å². The molecule has 0 bridgehead atoms. The number of aromatic nitrogens is 2. The number of amides is 1. The number of halogens is 1. The third kappa shape index (κ3) is 4.17. The van der Waals surface area contributed by atoms with E-state index in [1.165, 1.54) is 0 Å². The van der Waals surface area contributed by atoms with Gasteiger partial charge in [-0.25, -0.2) is 0 Å². The lowest BCUT2D eigenvalue weighted by molar-refractivity contribution is 0.102. The monoisotopic (exact) mass is 382 g/mol. The molecule has 0 unspecified atom stereocenters. The summed E-state index contributed by atoms with van der Waals surface area (Å²) >= 11 is 3.39. The average Bonchev–Trinajstić information content (AvgIpc) is 2.63. The first-order valence-electron chi connectivity index (χ1n) is 7.40. The molecule has 0 fully saturated rings. The molecular weight excluding hydrogens is 368 g/mol. The highest BCUT2D eigenvalue weighted by atomic mass is 79.9. The van der Waals surface area contributed by atoms with Crippen LogP contribution in [0.2, 0.25) is 0 Å². The van der Waals surface area contributed by atoms with Gasteiger partial charge in [-0.3, -0.25) is 4.79 Å². The van der Waals surface area contributed by atoms with Crippen molar-refractivity contribution in [2.45, 2.75) is 6.54 Å². The van der Waals surface area contributed by atoms with E-state index in [0.717, 1.165) is 10.0 Å². The molecule has 0 atom stereocenters. The molecule has 1 amide bonds. The summed E-state index contributed by atoms with van der Waals surface area (Å²) in [6.07, 6.45) is 0. The smallest absolute Gasteiger partial charge is 0.276 e. The zero-order valence-electron chi connectivity index (χ0n) is 12.7. The summed E-state index contributed by atoms with van der Waals surface area (Å²) in [6, 6.07) is 20.8.